The van der Waals surface area contributed by atoms with E-state index < -0.39 is 11.5 Å². The van der Waals surface area contributed by atoms with Crippen LogP contribution in [0.4, 0.5) is 14.9 Å². The van der Waals surface area contributed by atoms with Crippen LogP contribution in [0.2, 0.25) is 0 Å². The van der Waals surface area contributed by atoms with E-state index >= 15 is 0 Å². The lowest BCUT2D eigenvalue weighted by Gasteiger charge is -2.23. The largest absolute Gasteiger partial charge is 0.460 e. The first-order valence-corrected chi connectivity index (χ1v) is 9.86. The average molecular weight is 399 g/mol. The van der Waals surface area contributed by atoms with Gasteiger partial charge in [0.05, 0.1) is 17.0 Å². The monoisotopic (exact) mass is 399 g/mol. The van der Waals surface area contributed by atoms with Crippen molar-refractivity contribution in [3.05, 3.63) is 41.2 Å². The summed E-state index contributed by atoms with van der Waals surface area (Å²) in [4.78, 5) is 23.0. The Morgan fingerprint density at radius 3 is 2.85 bits per heavy atom. The van der Waals surface area contributed by atoms with Crippen LogP contribution in [0.1, 0.15) is 38.7 Å². The van der Waals surface area contributed by atoms with Gasteiger partial charge >= 0.3 is 11.7 Å². The second kappa shape index (κ2) is 9.93. The van der Waals surface area contributed by atoms with Crippen molar-refractivity contribution in [3.63, 3.8) is 0 Å². The van der Waals surface area contributed by atoms with E-state index in [1.54, 1.807) is 12.1 Å². The molecule has 2 atom stereocenters. The minimum atomic E-state index is -0.493. The van der Waals surface area contributed by atoms with Gasteiger partial charge in [0.15, 0.2) is 0 Å². The summed E-state index contributed by atoms with van der Waals surface area (Å²) < 4.78 is 27.3. The Hall–Kier alpha value is -1.59. The highest BCUT2D eigenvalue weighted by Gasteiger charge is 2.26. The number of ether oxygens (including phenoxy) is 2. The number of halogens is 1. The lowest BCUT2D eigenvalue weighted by Crippen LogP contribution is -2.24. The molecule has 142 valence electrons. The van der Waals surface area contributed by atoms with Gasteiger partial charge in [0, 0.05) is 5.57 Å². The zero-order valence-electron chi connectivity index (χ0n) is 14.8. The third-order valence-electron chi connectivity index (χ3n) is 3.69. The molecule has 0 bridgehead atoms. The number of hydrogen-bond acceptors (Lipinski definition) is 6. The summed E-state index contributed by atoms with van der Waals surface area (Å²) in [6, 6.07) is 4.60. The maximum atomic E-state index is 14.2. The van der Waals surface area contributed by atoms with Gasteiger partial charge in [0.25, 0.3) is 0 Å². The number of allylic oxidation sites excluding steroid dienone is 1. The molecule has 1 aliphatic carbocycles. The highest BCUT2D eigenvalue weighted by molar-refractivity contribution is 8.01. The number of esters is 1. The molecule has 1 aromatic rings. The molecule has 0 radical (unpaired) electrons. The minimum Gasteiger partial charge on any atom is -0.460 e. The van der Waals surface area contributed by atoms with Crippen LogP contribution in [-0.4, -0.2) is 23.0 Å². The van der Waals surface area contributed by atoms with E-state index in [2.05, 4.69) is 4.72 Å². The molecule has 2 rings (SSSR count). The van der Waals surface area contributed by atoms with Gasteiger partial charge in [-0.2, -0.15) is 0 Å². The normalized spacial score (nSPS) is 16.8. The number of carbonyl (C=O) groups is 2. The molecule has 0 heterocycles. The topological polar surface area (TPSA) is 64.6 Å². The Bertz CT molecular complexity index is 696. The summed E-state index contributed by atoms with van der Waals surface area (Å²) in [5.74, 6) is -0.755. The zero-order chi connectivity index (χ0) is 19.1. The van der Waals surface area contributed by atoms with Gasteiger partial charge in [-0.15, -0.1) is 0 Å². The standard InChI is InChI=1S/C18H23FNO4PS/c1-11(2)24-17(21)13-5-3-4-6-16(13)26-20-15-8-7-12(9-14(15)19)10-23-18(22)25/h5,7-9,11,16,20H,3-4,6,10,25H2,1-2H3. The molecule has 0 aliphatic heterocycles. The van der Waals surface area contributed by atoms with Gasteiger partial charge in [-0.25, -0.2) is 14.0 Å². The molecule has 26 heavy (non-hydrogen) atoms. The van der Waals surface area contributed by atoms with Crippen molar-refractivity contribution in [3.8, 4) is 0 Å². The Morgan fingerprint density at radius 1 is 1.42 bits per heavy atom. The highest BCUT2D eigenvalue weighted by Crippen LogP contribution is 2.32. The quantitative estimate of drug-likeness (QED) is 0.403. The van der Waals surface area contributed by atoms with Crippen molar-refractivity contribution >= 4 is 38.6 Å². The molecule has 0 fully saturated rings. The summed E-state index contributed by atoms with van der Waals surface area (Å²) in [5.41, 5.74) is 1.02. The fourth-order valence-corrected chi connectivity index (χ4v) is 3.61. The van der Waals surface area contributed by atoms with Gasteiger partial charge in [0.1, 0.15) is 12.4 Å². The molecule has 1 aromatic carbocycles. The molecule has 1 aliphatic rings. The average Bonchev–Trinajstić information content (AvgIpc) is 2.58. The molecule has 5 nitrogen and oxygen atoms in total. The van der Waals surface area contributed by atoms with Crippen molar-refractivity contribution in [2.75, 3.05) is 4.72 Å². The van der Waals surface area contributed by atoms with E-state index in [-0.39, 0.29) is 23.9 Å². The fraction of sp³-hybridized carbons (Fsp3) is 0.444. The zero-order valence-corrected chi connectivity index (χ0v) is 16.8. The van der Waals surface area contributed by atoms with E-state index in [4.69, 9.17) is 9.47 Å². The van der Waals surface area contributed by atoms with E-state index in [9.17, 15) is 14.0 Å². The van der Waals surface area contributed by atoms with Crippen LogP contribution in [0.15, 0.2) is 29.8 Å². The maximum absolute atomic E-state index is 14.2. The fourth-order valence-electron chi connectivity index (χ4n) is 2.49. The van der Waals surface area contributed by atoms with E-state index in [0.717, 1.165) is 19.3 Å². The number of hydrogen-bond donors (Lipinski definition) is 1. The molecule has 0 saturated carbocycles. The molecule has 2 unspecified atom stereocenters. The van der Waals surface area contributed by atoms with Crippen molar-refractivity contribution in [1.29, 1.82) is 0 Å². The van der Waals surface area contributed by atoms with Gasteiger partial charge in [-0.3, -0.25) is 0 Å². The summed E-state index contributed by atoms with van der Waals surface area (Å²) >= 11 is 1.30. The summed E-state index contributed by atoms with van der Waals surface area (Å²) in [5, 5.41) is -0.0906. The molecule has 0 saturated heterocycles. The van der Waals surface area contributed by atoms with Crippen molar-refractivity contribution in [1.82, 2.24) is 0 Å². The predicted molar refractivity (Wildman–Crippen MR) is 104 cm³/mol. The van der Waals surface area contributed by atoms with Crippen LogP contribution in [0, 0.1) is 5.82 Å². The molecular formula is C18H23FNO4PS. The van der Waals surface area contributed by atoms with E-state index in [0.29, 0.717) is 16.8 Å². The number of carbonyl (C=O) groups excluding carboxylic acids is 2. The van der Waals surface area contributed by atoms with E-state index in [1.807, 2.05) is 29.2 Å². The van der Waals surface area contributed by atoms with Crippen LogP contribution in [0.3, 0.4) is 0 Å². The highest BCUT2D eigenvalue weighted by atomic mass is 32.2. The van der Waals surface area contributed by atoms with Crippen LogP contribution in [-0.2, 0) is 20.9 Å². The van der Waals surface area contributed by atoms with Crippen molar-refractivity contribution in [2.24, 2.45) is 0 Å². The molecule has 0 aromatic heterocycles. The molecule has 1 N–H and O–H groups in total. The summed E-state index contributed by atoms with van der Waals surface area (Å²) in [7, 11) is 1.91. The van der Waals surface area contributed by atoms with Gasteiger partial charge < -0.3 is 14.2 Å². The second-order valence-electron chi connectivity index (χ2n) is 6.17. The first kappa shape index (κ1) is 20.7. The van der Waals surface area contributed by atoms with Crippen LogP contribution >= 0.6 is 21.2 Å². The lowest BCUT2D eigenvalue weighted by atomic mass is 9.99. The van der Waals surface area contributed by atoms with Gasteiger partial charge in [-0.1, -0.05) is 12.1 Å². The van der Waals surface area contributed by atoms with Crippen molar-refractivity contribution in [2.45, 2.75) is 51.1 Å². The van der Waals surface area contributed by atoms with E-state index in [1.165, 1.54) is 18.0 Å². The third-order valence-corrected chi connectivity index (χ3v) is 4.96. The lowest BCUT2D eigenvalue weighted by molar-refractivity contribution is -0.142. The van der Waals surface area contributed by atoms with Gasteiger partial charge in [0.2, 0.25) is 0 Å². The first-order valence-electron chi connectivity index (χ1n) is 8.40. The Labute approximate surface area is 159 Å². The second-order valence-corrected chi connectivity index (χ2v) is 7.66. The maximum Gasteiger partial charge on any atom is 0.335 e. The third kappa shape index (κ3) is 6.29. The Kier molecular flexibility index (Phi) is 7.91. The summed E-state index contributed by atoms with van der Waals surface area (Å²) in [6.45, 7) is 3.64. The number of benzene rings is 1. The molecule has 0 spiro atoms. The number of anilines is 1. The SMILES string of the molecule is CC(C)OC(=O)C1=CCCCC1SNc1ccc(COC(=O)P)cc1F. The molecule has 0 amide bonds. The summed E-state index contributed by atoms with van der Waals surface area (Å²) in [6.07, 6.45) is 4.37. The minimum absolute atomic E-state index is 0.0171. The molecule has 8 heteroatoms. The van der Waals surface area contributed by atoms with Crippen LogP contribution < -0.4 is 4.72 Å². The smallest absolute Gasteiger partial charge is 0.335 e. The predicted octanol–water partition coefficient (Wildman–Crippen LogP) is 4.83. The van der Waals surface area contributed by atoms with Gasteiger partial charge in [-0.05, 0) is 72.0 Å². The number of rotatable bonds is 7. The van der Waals surface area contributed by atoms with Crippen LogP contribution in [0.5, 0.6) is 0 Å². The van der Waals surface area contributed by atoms with Crippen LogP contribution in [0.25, 0.3) is 0 Å². The van der Waals surface area contributed by atoms with Crippen molar-refractivity contribution < 1.29 is 23.5 Å². The molecular weight excluding hydrogens is 376 g/mol. The number of nitrogens with one attached hydrogen (secondary N) is 1. The Morgan fingerprint density at radius 2 is 2.19 bits per heavy atom. The first-order chi connectivity index (χ1) is 12.4. The Balaban J connectivity index is 1.98.